The highest BCUT2D eigenvalue weighted by Crippen LogP contribution is 2.22. The van der Waals surface area contributed by atoms with Crippen LogP contribution in [0.1, 0.15) is 16.7 Å². The Morgan fingerprint density at radius 2 is 1.72 bits per heavy atom. The van der Waals surface area contributed by atoms with Crippen LogP contribution >= 0.6 is 11.6 Å². The number of anilines is 1. The molecule has 132 valence electrons. The summed E-state index contributed by atoms with van der Waals surface area (Å²) in [5.74, 6) is 0. The van der Waals surface area contributed by atoms with Crippen LogP contribution in [0.25, 0.3) is 0 Å². The molecule has 1 fully saturated rings. The molecule has 1 heterocycles. The summed E-state index contributed by atoms with van der Waals surface area (Å²) in [6.45, 7) is 7.97. The van der Waals surface area contributed by atoms with Gasteiger partial charge < -0.3 is 15.1 Å². The zero-order valence-corrected chi connectivity index (χ0v) is 15.5. The van der Waals surface area contributed by atoms with E-state index < -0.39 is 0 Å². The Balaban J connectivity index is 1.52. The van der Waals surface area contributed by atoms with Crippen LogP contribution in [0.4, 0.5) is 10.5 Å². The van der Waals surface area contributed by atoms with Gasteiger partial charge in [-0.05, 0) is 48.7 Å². The molecule has 1 aliphatic heterocycles. The van der Waals surface area contributed by atoms with E-state index in [4.69, 9.17) is 11.6 Å². The molecule has 0 saturated carbocycles. The third kappa shape index (κ3) is 4.45. The first-order valence-corrected chi connectivity index (χ1v) is 9.00. The Hall–Kier alpha value is -2.20. The largest absolute Gasteiger partial charge is 0.368 e. The predicted molar refractivity (Wildman–Crippen MR) is 103 cm³/mol. The van der Waals surface area contributed by atoms with Crippen molar-refractivity contribution in [3.05, 3.63) is 64.2 Å². The van der Waals surface area contributed by atoms with E-state index in [-0.39, 0.29) is 6.03 Å². The lowest BCUT2D eigenvalue weighted by atomic mass is 10.1. The van der Waals surface area contributed by atoms with Gasteiger partial charge in [0.1, 0.15) is 0 Å². The molecule has 0 bridgehead atoms. The van der Waals surface area contributed by atoms with E-state index in [9.17, 15) is 4.79 Å². The van der Waals surface area contributed by atoms with Crippen molar-refractivity contribution >= 4 is 23.3 Å². The van der Waals surface area contributed by atoms with Gasteiger partial charge in [0, 0.05) is 43.4 Å². The first-order valence-electron chi connectivity index (χ1n) is 8.62. The number of piperazine rings is 1. The lowest BCUT2D eigenvalue weighted by Gasteiger charge is -2.37. The third-order valence-corrected chi connectivity index (χ3v) is 4.88. The van der Waals surface area contributed by atoms with E-state index in [1.165, 1.54) is 16.8 Å². The minimum atomic E-state index is -0.00411. The average Bonchev–Trinajstić information content (AvgIpc) is 2.63. The summed E-state index contributed by atoms with van der Waals surface area (Å²) in [6, 6.07) is 14.1. The van der Waals surface area contributed by atoms with Crippen molar-refractivity contribution < 1.29 is 4.79 Å². The minimum absolute atomic E-state index is 0.00411. The van der Waals surface area contributed by atoms with E-state index in [1.807, 2.05) is 29.2 Å². The molecule has 5 heteroatoms. The molecule has 2 aromatic carbocycles. The summed E-state index contributed by atoms with van der Waals surface area (Å²) < 4.78 is 0. The lowest BCUT2D eigenvalue weighted by molar-refractivity contribution is 0.194. The van der Waals surface area contributed by atoms with Crippen molar-refractivity contribution in [3.63, 3.8) is 0 Å². The number of hydrogen-bond donors (Lipinski definition) is 1. The summed E-state index contributed by atoms with van der Waals surface area (Å²) in [6.07, 6.45) is 0. The zero-order chi connectivity index (χ0) is 17.8. The Morgan fingerprint density at radius 1 is 1.04 bits per heavy atom. The van der Waals surface area contributed by atoms with Gasteiger partial charge in [-0.2, -0.15) is 0 Å². The fraction of sp³-hybridized carbons (Fsp3) is 0.350. The Kier molecular flexibility index (Phi) is 5.49. The summed E-state index contributed by atoms with van der Waals surface area (Å²) in [5, 5.41) is 3.69. The molecule has 0 spiro atoms. The highest BCUT2D eigenvalue weighted by Gasteiger charge is 2.21. The third-order valence-electron chi connectivity index (χ3n) is 4.63. The number of carbonyl (C=O) groups excluding carboxylic acids is 1. The highest BCUT2D eigenvalue weighted by atomic mass is 35.5. The number of halogens is 1. The quantitative estimate of drug-likeness (QED) is 0.901. The molecule has 2 amide bonds. The predicted octanol–water partition coefficient (Wildman–Crippen LogP) is 3.99. The molecule has 0 unspecified atom stereocenters. The van der Waals surface area contributed by atoms with Crippen molar-refractivity contribution in [1.82, 2.24) is 10.2 Å². The van der Waals surface area contributed by atoms with E-state index in [1.54, 1.807) is 0 Å². The summed E-state index contributed by atoms with van der Waals surface area (Å²) in [5.41, 5.74) is 4.88. The van der Waals surface area contributed by atoms with Crippen LogP contribution in [0, 0.1) is 13.8 Å². The zero-order valence-electron chi connectivity index (χ0n) is 14.8. The molecule has 0 atom stereocenters. The van der Waals surface area contributed by atoms with Crippen LogP contribution in [0.3, 0.4) is 0 Å². The van der Waals surface area contributed by atoms with Crippen molar-refractivity contribution in [2.75, 3.05) is 31.1 Å². The first-order chi connectivity index (χ1) is 12.0. The second-order valence-electron chi connectivity index (χ2n) is 6.55. The van der Waals surface area contributed by atoms with Gasteiger partial charge in [-0.3, -0.25) is 0 Å². The van der Waals surface area contributed by atoms with Gasteiger partial charge in [-0.1, -0.05) is 35.9 Å². The number of amides is 2. The summed E-state index contributed by atoms with van der Waals surface area (Å²) in [4.78, 5) is 16.6. The first kappa shape index (κ1) is 17.6. The van der Waals surface area contributed by atoms with Gasteiger partial charge in [-0.25, -0.2) is 4.79 Å². The molecule has 1 aliphatic rings. The number of benzene rings is 2. The van der Waals surface area contributed by atoms with Crippen LogP contribution in [0.15, 0.2) is 42.5 Å². The lowest BCUT2D eigenvalue weighted by Crippen LogP contribution is -2.51. The van der Waals surface area contributed by atoms with Gasteiger partial charge in [-0.15, -0.1) is 0 Å². The summed E-state index contributed by atoms with van der Waals surface area (Å²) >= 11 is 5.88. The average molecular weight is 358 g/mol. The van der Waals surface area contributed by atoms with Crippen molar-refractivity contribution in [2.24, 2.45) is 0 Å². The second kappa shape index (κ2) is 7.79. The van der Waals surface area contributed by atoms with E-state index in [0.717, 1.165) is 31.7 Å². The second-order valence-corrected chi connectivity index (χ2v) is 6.99. The Labute approximate surface area is 154 Å². The van der Waals surface area contributed by atoms with Crippen molar-refractivity contribution in [2.45, 2.75) is 20.4 Å². The molecule has 1 N–H and O–H groups in total. The maximum atomic E-state index is 12.4. The molecule has 2 aromatic rings. The molecule has 25 heavy (non-hydrogen) atoms. The molecular formula is C20H24ClN3O. The minimum Gasteiger partial charge on any atom is -0.368 e. The maximum absolute atomic E-state index is 12.4. The number of urea groups is 1. The molecule has 0 radical (unpaired) electrons. The number of aryl methyl sites for hydroxylation is 2. The van der Waals surface area contributed by atoms with Crippen LogP contribution in [-0.4, -0.2) is 37.1 Å². The molecular weight excluding hydrogens is 334 g/mol. The van der Waals surface area contributed by atoms with Crippen LogP contribution < -0.4 is 10.2 Å². The Bertz CT molecular complexity index is 737. The normalized spacial score (nSPS) is 14.5. The van der Waals surface area contributed by atoms with Crippen molar-refractivity contribution in [3.8, 4) is 0 Å². The van der Waals surface area contributed by atoms with Gasteiger partial charge in [0.25, 0.3) is 0 Å². The number of carbonyl (C=O) groups is 1. The number of hydrogen-bond acceptors (Lipinski definition) is 2. The number of nitrogens with one attached hydrogen (secondary N) is 1. The van der Waals surface area contributed by atoms with Gasteiger partial charge in [0.15, 0.2) is 0 Å². The molecule has 0 aromatic heterocycles. The molecule has 0 aliphatic carbocycles. The van der Waals surface area contributed by atoms with Gasteiger partial charge >= 0.3 is 6.03 Å². The fourth-order valence-corrected chi connectivity index (χ4v) is 3.23. The Morgan fingerprint density at radius 3 is 2.40 bits per heavy atom. The fourth-order valence-electron chi connectivity index (χ4n) is 3.10. The number of rotatable bonds is 3. The standard InChI is InChI=1S/C20H24ClN3O/c1-15-3-4-16(2)19(13-15)23-9-11-24(12-10-23)20(25)22-14-17-5-7-18(21)8-6-17/h3-8,13H,9-12,14H2,1-2H3,(H,22,25). The number of nitrogens with zero attached hydrogens (tertiary/aromatic N) is 2. The van der Waals surface area contributed by atoms with E-state index in [2.05, 4.69) is 42.3 Å². The van der Waals surface area contributed by atoms with E-state index >= 15 is 0 Å². The van der Waals surface area contributed by atoms with Gasteiger partial charge in [0.2, 0.25) is 0 Å². The van der Waals surface area contributed by atoms with Crippen LogP contribution in [0.2, 0.25) is 5.02 Å². The highest BCUT2D eigenvalue weighted by molar-refractivity contribution is 6.30. The molecule has 1 saturated heterocycles. The molecule has 4 nitrogen and oxygen atoms in total. The van der Waals surface area contributed by atoms with Crippen molar-refractivity contribution in [1.29, 1.82) is 0 Å². The topological polar surface area (TPSA) is 35.6 Å². The van der Waals surface area contributed by atoms with Crippen LogP contribution in [-0.2, 0) is 6.54 Å². The SMILES string of the molecule is Cc1ccc(C)c(N2CCN(C(=O)NCc3ccc(Cl)cc3)CC2)c1. The smallest absolute Gasteiger partial charge is 0.317 e. The van der Waals surface area contributed by atoms with Gasteiger partial charge in [0.05, 0.1) is 0 Å². The molecule has 3 rings (SSSR count). The summed E-state index contributed by atoms with van der Waals surface area (Å²) in [7, 11) is 0. The van der Waals surface area contributed by atoms with Crippen LogP contribution in [0.5, 0.6) is 0 Å². The van der Waals surface area contributed by atoms with E-state index in [0.29, 0.717) is 11.6 Å². The monoisotopic (exact) mass is 357 g/mol. The maximum Gasteiger partial charge on any atom is 0.317 e.